The van der Waals surface area contributed by atoms with Crippen LogP contribution < -0.4 is 9.13 Å². The van der Waals surface area contributed by atoms with Crippen molar-refractivity contribution in [2.45, 2.75) is 11.1 Å². The Bertz CT molecular complexity index is 2550. The van der Waals surface area contributed by atoms with E-state index >= 15 is 0 Å². The molecule has 4 heteroatoms. The van der Waals surface area contributed by atoms with Crippen molar-refractivity contribution >= 4 is 22.1 Å². The summed E-state index contributed by atoms with van der Waals surface area (Å²) in [6, 6.07) is 50.4. The molecule has 0 saturated heterocycles. The van der Waals surface area contributed by atoms with Crippen LogP contribution in [-0.2, 0) is 25.2 Å². The highest BCUT2D eigenvalue weighted by Crippen LogP contribution is 2.69. The first-order chi connectivity index (χ1) is 22.7. The van der Waals surface area contributed by atoms with Gasteiger partial charge in [0.15, 0.2) is 22.1 Å². The summed E-state index contributed by atoms with van der Waals surface area (Å²) in [6.07, 6.45) is 0. The van der Waals surface area contributed by atoms with Crippen molar-refractivity contribution in [3.8, 4) is 33.9 Å². The summed E-state index contributed by atoms with van der Waals surface area (Å²) in [5.74, 6) is 2.51. The van der Waals surface area contributed by atoms with E-state index in [4.69, 9.17) is 0 Å². The molecule has 4 aliphatic rings. The second-order valence-corrected chi connectivity index (χ2v) is 13.4. The van der Waals surface area contributed by atoms with Crippen LogP contribution in [0.1, 0.15) is 33.4 Å². The standard InChI is InChI=1S/C42H28N4/c1-43-33-21-7-9-23-35(33)45-39(43)27-15-11-19-31-37(27)42(45)38-28(40-44(2)34-22-8-10-24-36(34)46(40)42)16-12-20-32(38)41(31)29-17-5-3-13-25(29)26-14-4-6-18-30(26)41/h3-24H,1-2H3/q+2. The molecule has 8 aromatic rings. The first-order valence-corrected chi connectivity index (χ1v) is 16.2. The number of hydrogen-bond donors (Lipinski definition) is 0. The van der Waals surface area contributed by atoms with Gasteiger partial charge in [-0.1, -0.05) is 97.1 Å². The Balaban J connectivity index is 1.41. The van der Waals surface area contributed by atoms with Crippen molar-refractivity contribution < 1.29 is 9.13 Å². The molecular formula is C42H28N4+2. The van der Waals surface area contributed by atoms with Gasteiger partial charge in [-0.15, -0.1) is 0 Å². The Morgan fingerprint density at radius 3 is 1.30 bits per heavy atom. The zero-order valence-electron chi connectivity index (χ0n) is 25.5. The summed E-state index contributed by atoms with van der Waals surface area (Å²) in [7, 11) is 4.49. The highest BCUT2D eigenvalue weighted by molar-refractivity contribution is 5.96. The van der Waals surface area contributed by atoms with Crippen molar-refractivity contribution in [3.05, 3.63) is 167 Å². The van der Waals surface area contributed by atoms with Crippen molar-refractivity contribution in [1.82, 2.24) is 9.13 Å². The number of aromatic nitrogens is 4. The fourth-order valence-corrected chi connectivity index (χ4v) is 10.4. The number of para-hydroxylation sites is 4. The Kier molecular flexibility index (Phi) is 3.79. The summed E-state index contributed by atoms with van der Waals surface area (Å²) in [4.78, 5) is 0. The molecule has 2 aliphatic heterocycles. The van der Waals surface area contributed by atoms with E-state index in [1.807, 2.05) is 0 Å². The van der Waals surface area contributed by atoms with Gasteiger partial charge in [-0.3, -0.25) is 0 Å². The van der Waals surface area contributed by atoms with Crippen molar-refractivity contribution in [2.75, 3.05) is 0 Å². The van der Waals surface area contributed by atoms with Gasteiger partial charge in [0.1, 0.15) is 0 Å². The minimum Gasteiger partial charge on any atom is -0.225 e. The van der Waals surface area contributed by atoms with Gasteiger partial charge in [-0.25, -0.2) is 9.13 Å². The molecule has 0 amide bonds. The molecule has 0 unspecified atom stereocenters. The third-order valence-electron chi connectivity index (χ3n) is 11.7. The van der Waals surface area contributed by atoms with Crippen LogP contribution in [0.4, 0.5) is 0 Å². The molecule has 0 atom stereocenters. The first-order valence-electron chi connectivity index (χ1n) is 16.2. The molecule has 4 nitrogen and oxygen atoms in total. The molecule has 2 aliphatic carbocycles. The summed E-state index contributed by atoms with van der Waals surface area (Å²) < 4.78 is 10.2. The third-order valence-corrected chi connectivity index (χ3v) is 11.7. The van der Waals surface area contributed by atoms with Gasteiger partial charge >= 0.3 is 5.66 Å². The normalized spacial score (nSPS) is 16.0. The lowest BCUT2D eigenvalue weighted by Crippen LogP contribution is -2.48. The van der Waals surface area contributed by atoms with Crippen LogP contribution in [0.15, 0.2) is 133 Å². The molecular weight excluding hydrogens is 560 g/mol. The third kappa shape index (κ3) is 2.12. The van der Waals surface area contributed by atoms with Gasteiger partial charge in [-0.05, 0) is 69.8 Å². The molecule has 2 aromatic heterocycles. The fraction of sp³-hybridized carbons (Fsp3) is 0.0952. The maximum absolute atomic E-state index is 2.68. The number of fused-ring (bicyclic) bond motifs is 15. The number of benzene rings is 6. The number of rotatable bonds is 0. The predicted octanol–water partition coefficient (Wildman–Crippen LogP) is 7.18. The Morgan fingerprint density at radius 1 is 0.413 bits per heavy atom. The minimum absolute atomic E-state index is 0.440. The van der Waals surface area contributed by atoms with Crippen LogP contribution in [0.3, 0.4) is 0 Å². The number of aryl methyl sites for hydroxylation is 2. The Labute approximate surface area is 265 Å². The van der Waals surface area contributed by atoms with Gasteiger partial charge in [0.2, 0.25) is 0 Å². The molecule has 0 fully saturated rings. The van der Waals surface area contributed by atoms with Crippen LogP contribution in [0, 0.1) is 0 Å². The van der Waals surface area contributed by atoms with Crippen molar-refractivity contribution in [3.63, 3.8) is 0 Å². The van der Waals surface area contributed by atoms with Gasteiger partial charge in [0.05, 0.1) is 41.8 Å². The maximum atomic E-state index is 2.68. The van der Waals surface area contributed by atoms with E-state index in [9.17, 15) is 0 Å². The molecule has 2 spiro atoms. The van der Waals surface area contributed by atoms with Gasteiger partial charge < -0.3 is 0 Å². The summed E-state index contributed by atoms with van der Waals surface area (Å²) in [6.45, 7) is 0. The van der Waals surface area contributed by atoms with E-state index in [0.29, 0.717) is 0 Å². The summed E-state index contributed by atoms with van der Waals surface area (Å²) in [5, 5.41) is 0. The average Bonchev–Trinajstić information content (AvgIpc) is 3.85. The number of imidazole rings is 2. The highest BCUT2D eigenvalue weighted by Gasteiger charge is 2.71. The topological polar surface area (TPSA) is 17.6 Å². The lowest BCUT2D eigenvalue weighted by molar-refractivity contribution is -0.634. The monoisotopic (exact) mass is 588 g/mol. The van der Waals surface area contributed by atoms with E-state index in [1.165, 1.54) is 89.4 Å². The first kappa shape index (κ1) is 23.6. The largest absolute Gasteiger partial charge is 0.309 e. The molecule has 0 bridgehead atoms. The van der Waals surface area contributed by atoms with Crippen molar-refractivity contribution in [2.24, 2.45) is 14.1 Å². The van der Waals surface area contributed by atoms with Crippen LogP contribution in [0.5, 0.6) is 0 Å². The second-order valence-electron chi connectivity index (χ2n) is 13.4. The summed E-state index contributed by atoms with van der Waals surface area (Å²) >= 11 is 0. The van der Waals surface area contributed by atoms with Gasteiger partial charge in [-0.2, -0.15) is 9.13 Å². The average molecular weight is 589 g/mol. The molecule has 214 valence electrons. The molecule has 0 radical (unpaired) electrons. The van der Waals surface area contributed by atoms with E-state index in [1.54, 1.807) is 0 Å². The minimum atomic E-state index is -0.595. The van der Waals surface area contributed by atoms with E-state index in [2.05, 4.69) is 166 Å². The summed E-state index contributed by atoms with van der Waals surface area (Å²) in [5.41, 5.74) is 17.6. The second kappa shape index (κ2) is 7.38. The van der Waals surface area contributed by atoms with Crippen LogP contribution >= 0.6 is 0 Å². The maximum Gasteiger partial charge on any atom is 0.309 e. The zero-order chi connectivity index (χ0) is 30.1. The molecule has 46 heavy (non-hydrogen) atoms. The Morgan fingerprint density at radius 2 is 0.804 bits per heavy atom. The molecule has 12 rings (SSSR count). The van der Waals surface area contributed by atoms with Crippen LogP contribution in [-0.4, -0.2) is 9.13 Å². The van der Waals surface area contributed by atoms with Crippen molar-refractivity contribution in [1.29, 1.82) is 0 Å². The smallest absolute Gasteiger partial charge is 0.225 e. The van der Waals surface area contributed by atoms with E-state index in [-0.39, 0.29) is 0 Å². The van der Waals surface area contributed by atoms with Gasteiger partial charge in [0.25, 0.3) is 11.6 Å². The Hall–Kier alpha value is -5.74. The zero-order valence-corrected chi connectivity index (χ0v) is 25.5. The fourth-order valence-electron chi connectivity index (χ4n) is 10.4. The quantitative estimate of drug-likeness (QED) is 0.167. The van der Waals surface area contributed by atoms with Crippen LogP contribution in [0.2, 0.25) is 0 Å². The SMILES string of the molecule is C[n+]1c2n(c3ccccc31)C13c4c-2cccc4C2(c4ccccc4-c4ccccc42)c2cccc(c21)-c1n3c2ccccc2[n+]1C. The lowest BCUT2D eigenvalue weighted by atomic mass is 9.58. The molecule has 6 aromatic carbocycles. The molecule has 0 N–H and O–H groups in total. The van der Waals surface area contributed by atoms with Crippen LogP contribution in [0.25, 0.3) is 56.0 Å². The predicted molar refractivity (Wildman–Crippen MR) is 180 cm³/mol. The number of hydrogen-bond acceptors (Lipinski definition) is 0. The van der Waals surface area contributed by atoms with E-state index < -0.39 is 11.1 Å². The van der Waals surface area contributed by atoms with E-state index in [0.717, 1.165) is 0 Å². The lowest BCUT2D eigenvalue weighted by Gasteiger charge is -2.43. The van der Waals surface area contributed by atoms with Gasteiger partial charge in [0, 0.05) is 0 Å². The molecule has 0 saturated carbocycles. The number of nitrogens with zero attached hydrogens (tertiary/aromatic N) is 4. The highest BCUT2D eigenvalue weighted by atomic mass is 15.4. The molecule has 4 heterocycles.